The lowest BCUT2D eigenvalue weighted by Gasteiger charge is -2.37. The average molecular weight is 939 g/mol. The largest absolute Gasteiger partial charge is 0.497 e. The number of anilines is 1. The molecule has 3 aliphatic heterocycles. The molecule has 5 aromatic carbocycles. The highest BCUT2D eigenvalue weighted by Crippen LogP contribution is 2.59. The van der Waals surface area contributed by atoms with E-state index < -0.39 is 46.3 Å². The fourth-order valence-corrected chi connectivity index (χ4v) is 15.7. The van der Waals surface area contributed by atoms with Crippen LogP contribution in [0.1, 0.15) is 56.0 Å². The zero-order valence-corrected chi connectivity index (χ0v) is 40.6. The van der Waals surface area contributed by atoms with Gasteiger partial charge in [-0.2, -0.15) is 4.98 Å². The molecule has 1 amide bonds. The van der Waals surface area contributed by atoms with Crippen LogP contribution in [0.4, 0.5) is 5.82 Å². The Morgan fingerprint density at radius 1 is 0.806 bits per heavy atom. The Morgan fingerprint density at radius 3 is 1.93 bits per heavy atom. The number of carbonyl (C=O) groups is 1. The number of aromatic nitrogens is 2. The lowest BCUT2D eigenvalue weighted by atomic mass is 9.80. The zero-order chi connectivity index (χ0) is 46.5. The number of methoxy groups -OCH3 is 2. The molecule has 0 saturated carbocycles. The summed E-state index contributed by atoms with van der Waals surface area (Å²) in [5.41, 5.74) is 1.01. The first kappa shape index (κ1) is 46.6. The summed E-state index contributed by atoms with van der Waals surface area (Å²) in [7, 11) is -0.475. The summed E-state index contributed by atoms with van der Waals surface area (Å²) in [6.07, 6.45) is 2.10. The summed E-state index contributed by atoms with van der Waals surface area (Å²) in [5, 5.41) is 5.50. The number of fused-ring (bicyclic) bond motifs is 1. The van der Waals surface area contributed by atoms with Crippen LogP contribution in [-0.4, -0.2) is 79.9 Å². The van der Waals surface area contributed by atoms with Gasteiger partial charge >= 0.3 is 5.69 Å². The van der Waals surface area contributed by atoms with Crippen LogP contribution in [0.3, 0.4) is 0 Å². The molecule has 3 fully saturated rings. The number of nitrogens with zero attached hydrogens (tertiary/aromatic N) is 3. The molecule has 9 rings (SSSR count). The summed E-state index contributed by atoms with van der Waals surface area (Å²) in [6, 6.07) is 50.6. The minimum Gasteiger partial charge on any atom is -0.497 e. The second kappa shape index (κ2) is 20.4. The first-order valence-corrected chi connectivity index (χ1v) is 27.0. The van der Waals surface area contributed by atoms with Crippen LogP contribution in [-0.2, 0) is 28.9 Å². The van der Waals surface area contributed by atoms with Crippen molar-refractivity contribution in [2.24, 2.45) is 5.92 Å². The molecule has 6 aromatic rings. The van der Waals surface area contributed by atoms with Crippen molar-refractivity contribution >= 4 is 38.7 Å². The van der Waals surface area contributed by atoms with Gasteiger partial charge in [0.1, 0.15) is 43.3 Å². The molecule has 0 aliphatic carbocycles. The summed E-state index contributed by atoms with van der Waals surface area (Å²) in [4.78, 5) is 30.5. The standard InChI is InChI=1S/C53H59N4O8PSi/c1-37(2)51(58)54-49-31-33-56(52(59)55-49)50-34-46(64-66-57-32-15-22-45(57)48(65-66)36-67(5,43-18-11-7-12-19-43)44-20-13-8-14-21-44)47(63-50)35-62-53(38-16-9-6-10-17-38,39-23-27-41(60-3)28-24-39)40-25-29-42(61-4)30-26-40/h6-14,16-21,23-31,33,37,45-48,50H,15,22,32,34-36H2,1-5H3,(H,54,55,58,59)/t45-,46-,47+,48+,50+,66-/m0/s1. The Bertz CT molecular complexity index is 2560. The van der Waals surface area contributed by atoms with E-state index in [0.717, 1.165) is 53.6 Å². The Hall–Kier alpha value is -5.50. The van der Waals surface area contributed by atoms with Crippen LogP contribution in [0.25, 0.3) is 0 Å². The van der Waals surface area contributed by atoms with Crippen molar-refractivity contribution in [1.29, 1.82) is 0 Å². The van der Waals surface area contributed by atoms with E-state index in [1.807, 2.05) is 66.7 Å². The molecule has 4 heterocycles. The molecule has 0 spiro atoms. The van der Waals surface area contributed by atoms with Crippen LogP contribution in [0.15, 0.2) is 157 Å². The molecule has 1 N–H and O–H groups in total. The second-order valence-corrected chi connectivity index (χ2v) is 23.6. The summed E-state index contributed by atoms with van der Waals surface area (Å²) in [5.74, 6) is 1.13. The molecular weight excluding hydrogens is 880 g/mol. The molecule has 1 aromatic heterocycles. The van der Waals surface area contributed by atoms with Gasteiger partial charge in [-0.3, -0.25) is 9.36 Å². The monoisotopic (exact) mass is 938 g/mol. The van der Waals surface area contributed by atoms with E-state index in [0.29, 0.717) is 6.42 Å². The predicted molar refractivity (Wildman–Crippen MR) is 264 cm³/mol. The number of rotatable bonds is 17. The fourth-order valence-electron chi connectivity index (χ4n) is 9.78. The molecule has 67 heavy (non-hydrogen) atoms. The maximum absolute atomic E-state index is 13.8. The van der Waals surface area contributed by atoms with Gasteiger partial charge in [-0.1, -0.05) is 146 Å². The van der Waals surface area contributed by atoms with Gasteiger partial charge in [-0.05, 0) is 65.9 Å². The molecule has 6 atom stereocenters. The van der Waals surface area contributed by atoms with Crippen LogP contribution in [0, 0.1) is 5.92 Å². The molecule has 0 radical (unpaired) electrons. The molecule has 0 bridgehead atoms. The molecular formula is C53H59N4O8PSi. The van der Waals surface area contributed by atoms with Crippen LogP contribution in [0.5, 0.6) is 11.5 Å². The van der Waals surface area contributed by atoms with Gasteiger partial charge in [0.25, 0.3) is 8.53 Å². The highest BCUT2D eigenvalue weighted by molar-refractivity contribution is 7.45. The second-order valence-electron chi connectivity index (χ2n) is 18.0. The van der Waals surface area contributed by atoms with Crippen molar-refractivity contribution in [2.75, 3.05) is 32.7 Å². The predicted octanol–water partition coefficient (Wildman–Crippen LogP) is 8.52. The van der Waals surface area contributed by atoms with E-state index in [-0.39, 0.29) is 36.4 Å². The van der Waals surface area contributed by atoms with E-state index in [9.17, 15) is 9.59 Å². The number of hydrogen-bond donors (Lipinski definition) is 1. The summed E-state index contributed by atoms with van der Waals surface area (Å²) in [6.45, 7) is 6.99. The van der Waals surface area contributed by atoms with E-state index in [1.165, 1.54) is 14.9 Å². The highest BCUT2D eigenvalue weighted by atomic mass is 31.2. The van der Waals surface area contributed by atoms with Crippen molar-refractivity contribution < 1.29 is 32.8 Å². The molecule has 348 valence electrons. The van der Waals surface area contributed by atoms with Crippen LogP contribution in [0.2, 0.25) is 12.6 Å². The topological polar surface area (TPSA) is 123 Å². The number of amides is 1. The first-order chi connectivity index (χ1) is 32.6. The third kappa shape index (κ3) is 9.65. The summed E-state index contributed by atoms with van der Waals surface area (Å²) < 4.78 is 43.8. The average Bonchev–Trinajstić information content (AvgIpc) is 4.10. The van der Waals surface area contributed by atoms with Gasteiger partial charge in [0.05, 0.1) is 33.0 Å². The van der Waals surface area contributed by atoms with Gasteiger partial charge in [0.2, 0.25) is 5.91 Å². The SMILES string of the molecule is COc1ccc(C(OC[C@H]2O[C@@H](n3ccc(NC(=O)C(C)C)nc3=O)C[C@@H]2O[P@@]2O[C@H](C[Si](C)(c3ccccc3)c3ccccc3)[C@@H]3CCCN32)(c2ccccc2)c2ccc(OC)cc2)cc1. The number of hydrogen-bond acceptors (Lipinski definition) is 10. The van der Waals surface area contributed by atoms with Gasteiger partial charge in [0, 0.05) is 31.1 Å². The smallest absolute Gasteiger partial charge is 0.351 e. The minimum absolute atomic E-state index is 0.0326. The van der Waals surface area contributed by atoms with Crippen molar-refractivity contribution in [3.63, 3.8) is 0 Å². The van der Waals surface area contributed by atoms with Gasteiger partial charge < -0.3 is 33.3 Å². The normalized spacial score (nSPS) is 21.9. The Labute approximate surface area is 395 Å². The maximum Gasteiger partial charge on any atom is 0.351 e. The number of nitrogens with one attached hydrogen (secondary N) is 1. The maximum atomic E-state index is 13.8. The van der Waals surface area contributed by atoms with E-state index in [4.69, 9.17) is 28.0 Å². The third-order valence-corrected chi connectivity index (χ3v) is 19.8. The third-order valence-electron chi connectivity index (χ3n) is 13.5. The van der Waals surface area contributed by atoms with Gasteiger partial charge in [-0.15, -0.1) is 0 Å². The van der Waals surface area contributed by atoms with Crippen molar-refractivity contribution in [1.82, 2.24) is 14.2 Å². The van der Waals surface area contributed by atoms with Crippen LogP contribution < -0.4 is 30.9 Å². The minimum atomic E-state index is -2.27. The Kier molecular flexibility index (Phi) is 14.2. The van der Waals surface area contributed by atoms with E-state index in [2.05, 4.69) is 94.3 Å². The molecule has 14 heteroatoms. The number of ether oxygens (including phenoxy) is 4. The Morgan fingerprint density at radius 2 is 1.37 bits per heavy atom. The molecule has 3 saturated heterocycles. The lowest BCUT2D eigenvalue weighted by Crippen LogP contribution is -2.58. The number of carbonyl (C=O) groups excluding carboxylic acids is 1. The highest BCUT2D eigenvalue weighted by Gasteiger charge is 2.52. The molecule has 12 nitrogen and oxygen atoms in total. The van der Waals surface area contributed by atoms with Crippen molar-refractivity contribution in [3.05, 3.63) is 179 Å². The zero-order valence-electron chi connectivity index (χ0n) is 38.7. The van der Waals surface area contributed by atoms with E-state index in [1.54, 1.807) is 40.3 Å². The molecule has 3 aliphatic rings. The van der Waals surface area contributed by atoms with Crippen molar-refractivity contribution in [3.8, 4) is 11.5 Å². The quantitative estimate of drug-likeness (QED) is 0.0541. The van der Waals surface area contributed by atoms with E-state index >= 15 is 0 Å². The lowest BCUT2D eigenvalue weighted by molar-refractivity contribution is -0.118. The fraction of sp³-hybridized carbons (Fsp3) is 0.340. The van der Waals surface area contributed by atoms with Gasteiger partial charge in [0.15, 0.2) is 0 Å². The van der Waals surface area contributed by atoms with Gasteiger partial charge in [-0.25, -0.2) is 9.46 Å². The first-order valence-electron chi connectivity index (χ1n) is 23.1. The van der Waals surface area contributed by atoms with Crippen LogP contribution >= 0.6 is 8.53 Å². The summed E-state index contributed by atoms with van der Waals surface area (Å²) >= 11 is 0. The molecule has 0 unspecified atom stereocenters. The Balaban J connectivity index is 1.06. The number of benzene rings is 5. The van der Waals surface area contributed by atoms with Crippen molar-refractivity contribution in [2.45, 2.75) is 81.9 Å².